The average molecular weight is 1750 g/mol. The Morgan fingerprint density at radius 3 is 1.24 bits per heavy atom. The molecule has 2 unspecified atom stereocenters. The fraction of sp³-hybridized carbons (Fsp3) is 0.746. The summed E-state index contributed by atoms with van der Waals surface area (Å²) in [5.74, 6) is -0.509. The molecule has 11 heterocycles. The molecule has 108 heavy (non-hydrogen) atoms. The number of methoxy groups -OCH3 is 3. The van der Waals surface area contributed by atoms with E-state index in [1.807, 2.05) is 7.11 Å². The lowest BCUT2D eigenvalue weighted by molar-refractivity contribution is -0.0950. The molecule has 0 aliphatic carbocycles. The fourth-order valence-electron chi connectivity index (χ4n) is 11.9. The van der Waals surface area contributed by atoms with E-state index < -0.39 is 115 Å². The second-order valence-corrected chi connectivity index (χ2v) is 40.2. The maximum atomic E-state index is 11.2. The SMILES string of the molecule is CC(C)NC(C)C.CO.COP(Cl)Cl.COP(N(C(C)C)C(C)C)N(C(C)C)C(C)C.COc1nc(N)nc2c1ncn2[C@@H]1O[C@@H]2COP(=S)(OC)O[C@H]2[C@@]1(C)O.COc1nc(N)nc2c1ncn2[C@@H]1O[C@@H]2COP(OC)O[C@H]2[C@@]1(C)O.COc1nc(N)nc2c1ncn2[C@@H]1O[C@H](CO)[C@@H](O)[C@@]1(C)O.ClP(Cl)Cl. The molecule has 618 valence electrons. The number of hydrogen-bond donors (Lipinski definition) is 10. The van der Waals surface area contributed by atoms with Crippen molar-refractivity contribution in [3.63, 3.8) is 0 Å². The minimum absolute atomic E-state index is 0.0145. The molecular formula is C59H106Cl5N18O20P5S. The number of anilines is 3. The lowest BCUT2D eigenvalue weighted by Crippen LogP contribution is -2.47. The number of imidazole rings is 3. The van der Waals surface area contributed by atoms with E-state index in [2.05, 4.69) is 147 Å². The summed E-state index contributed by atoms with van der Waals surface area (Å²) in [6.07, 6.45) is -2.81. The van der Waals surface area contributed by atoms with Crippen molar-refractivity contribution in [1.82, 2.24) is 73.2 Å². The van der Waals surface area contributed by atoms with Gasteiger partial charge in [0.15, 0.2) is 66.6 Å². The van der Waals surface area contributed by atoms with Crippen LogP contribution in [0.25, 0.3) is 33.5 Å². The van der Waals surface area contributed by atoms with E-state index in [0.717, 1.165) is 7.11 Å². The third-order valence-corrected chi connectivity index (χ3v) is 23.5. The molecule has 6 aromatic heterocycles. The standard InChI is InChI=1S/C13H18N5O6PS.C13H18N5O6P.C13H31N2OP.C12H17N5O5.C6H15N.CH3Cl2OP.CH4O.Cl3P/c1-13(19)8-6(4-22-25(26,21-3)24-8)23-11(13)18-5-15-7-9(18)16-12(14)17-10(7)20-2;1-13(19)8-6(4-22-25(21-3)24-8)23-11(13)18-5-15-7-9(18)16-12(14)17-10(7)20-2;1-10(2)14(11(3)4)17(16-9)15(12(5)6)13(7)8;1-12(20)7(19)5(3-18)22-10(12)17-4-14-6-8(17)15-11(13)16-9(6)21-2;1-5(2)7-6(3)4;1-4-5(2)3;1-2;1-4(2)3/h5-6,8,11,19H,4H2,1-3H3,(H2,14,16,17);5-6,8,11,19H,4H2,1-3H3,(H2,14,16,17);10-13H,1-9H3;4-5,7,10,18-20H,3H2,1-2H3,(H2,13,15,16);5-7H,1-4H3;1H3;2H,1H3;/t2*6-,8-,11-,13-,25?;;5-,7-,10-,12-;;;;/m11.1..../s1. The van der Waals surface area contributed by atoms with Gasteiger partial charge < -0.3 is 113 Å². The molecule has 0 radical (unpaired) electrons. The average Bonchev–Trinajstić information content (AvgIpc) is 1.59. The Labute approximate surface area is 663 Å². The van der Waals surface area contributed by atoms with Crippen LogP contribution in [0.2, 0.25) is 0 Å². The van der Waals surface area contributed by atoms with Gasteiger partial charge in [-0.25, -0.2) is 24.3 Å². The second kappa shape index (κ2) is 44.0. The number of nitrogens with two attached hydrogens (primary N) is 3. The quantitative estimate of drug-likeness (QED) is 0.0337. The van der Waals surface area contributed by atoms with Crippen molar-refractivity contribution in [2.45, 2.75) is 212 Å². The van der Waals surface area contributed by atoms with E-state index in [1.54, 1.807) is 23.0 Å². The molecule has 5 aliphatic rings. The van der Waals surface area contributed by atoms with Crippen molar-refractivity contribution in [2.24, 2.45) is 0 Å². The Balaban J connectivity index is 0.000000285. The number of nitrogens with one attached hydrogen (secondary N) is 1. The summed E-state index contributed by atoms with van der Waals surface area (Å²) in [5, 5.41) is 62.4. The molecule has 11 rings (SSSR count). The molecule has 6 aromatic rings. The van der Waals surface area contributed by atoms with E-state index >= 15 is 0 Å². The molecular weight excluding hydrogens is 1640 g/mol. The first-order chi connectivity index (χ1) is 50.5. The summed E-state index contributed by atoms with van der Waals surface area (Å²) in [6.45, 7) is 27.1. The Morgan fingerprint density at radius 2 is 0.954 bits per heavy atom. The van der Waals surface area contributed by atoms with E-state index in [1.165, 1.54) is 73.1 Å². The van der Waals surface area contributed by atoms with Gasteiger partial charge in [-0.15, -0.1) is 0 Å². The number of rotatable bonds is 19. The van der Waals surface area contributed by atoms with Crippen LogP contribution in [0.5, 0.6) is 17.6 Å². The van der Waals surface area contributed by atoms with Crippen molar-refractivity contribution >= 4 is 156 Å². The first-order valence-electron chi connectivity index (χ1n) is 33.2. The predicted molar refractivity (Wildman–Crippen MR) is 422 cm³/mol. The van der Waals surface area contributed by atoms with Crippen LogP contribution < -0.4 is 36.7 Å². The number of hydrogen-bond acceptors (Lipinski definition) is 36. The number of fused-ring (bicyclic) bond motifs is 5. The number of aromatic nitrogens is 12. The summed E-state index contributed by atoms with van der Waals surface area (Å²) < 4.78 is 85.4. The number of aliphatic hydroxyl groups is 6. The normalized spacial score (nSPS) is 27.2. The smallest absolute Gasteiger partial charge is 0.332 e. The number of nitrogens with zero attached hydrogens (tertiary/aromatic N) is 14. The van der Waals surface area contributed by atoms with Gasteiger partial charge in [0, 0.05) is 71.8 Å². The Morgan fingerprint density at radius 1 is 0.602 bits per heavy atom. The van der Waals surface area contributed by atoms with Gasteiger partial charge in [-0.3, -0.25) is 18.2 Å². The molecule has 0 aromatic carbocycles. The van der Waals surface area contributed by atoms with E-state index in [9.17, 15) is 25.5 Å². The third-order valence-electron chi connectivity index (χ3n) is 16.0. The highest BCUT2D eigenvalue weighted by Gasteiger charge is 2.60. The summed E-state index contributed by atoms with van der Waals surface area (Å²) in [6, 6.07) is 3.25. The predicted octanol–water partition coefficient (Wildman–Crippen LogP) is 9.49. The number of aliphatic hydroxyl groups excluding tert-OH is 3. The van der Waals surface area contributed by atoms with Crippen LogP contribution in [-0.2, 0) is 62.2 Å². The third kappa shape index (κ3) is 24.8. The monoisotopic (exact) mass is 1750 g/mol. The van der Waals surface area contributed by atoms with Crippen molar-refractivity contribution < 1.29 is 95.3 Å². The van der Waals surface area contributed by atoms with Gasteiger partial charge >= 0.3 is 15.3 Å². The van der Waals surface area contributed by atoms with Crippen LogP contribution in [-0.4, -0.2) is 265 Å². The second-order valence-electron chi connectivity index (χ2n) is 25.9. The summed E-state index contributed by atoms with van der Waals surface area (Å²) in [4.78, 5) is 37.1. The summed E-state index contributed by atoms with van der Waals surface area (Å²) in [5.41, 5.74) is 14.9. The van der Waals surface area contributed by atoms with Gasteiger partial charge in [0.1, 0.15) is 53.4 Å². The zero-order valence-electron chi connectivity index (χ0n) is 64.4. The Hall–Kier alpha value is -2.53. The Kier molecular flexibility index (Phi) is 39.8. The van der Waals surface area contributed by atoms with Crippen LogP contribution >= 0.6 is 92.8 Å². The molecule has 0 spiro atoms. The number of ether oxygens (including phenoxy) is 6. The lowest BCUT2D eigenvalue weighted by Gasteiger charge is -2.45. The van der Waals surface area contributed by atoms with E-state index in [0.29, 0.717) is 69.7 Å². The van der Waals surface area contributed by atoms with Crippen molar-refractivity contribution in [3.8, 4) is 17.6 Å². The zero-order chi connectivity index (χ0) is 82.0. The van der Waals surface area contributed by atoms with Gasteiger partial charge in [-0.1, -0.05) is 61.4 Å². The fourth-order valence-corrected chi connectivity index (χ4v) is 16.8. The minimum atomic E-state index is -2.91. The van der Waals surface area contributed by atoms with Crippen LogP contribution in [0.15, 0.2) is 19.0 Å². The largest absolute Gasteiger partial charge is 0.479 e. The van der Waals surface area contributed by atoms with Gasteiger partial charge in [0.25, 0.3) is 0 Å². The van der Waals surface area contributed by atoms with Crippen LogP contribution in [0.4, 0.5) is 17.8 Å². The van der Waals surface area contributed by atoms with Gasteiger partial charge in [-0.2, -0.15) is 29.9 Å². The lowest BCUT2D eigenvalue weighted by atomic mass is 9.96. The first kappa shape index (κ1) is 97.8. The molecule has 5 fully saturated rings. The zero-order valence-corrected chi connectivity index (χ0v) is 73.5. The number of nitrogen functional groups attached to an aromatic ring is 3. The highest BCUT2D eigenvalue weighted by atomic mass is 36.0. The molecule has 38 nitrogen and oxygen atoms in total. The van der Waals surface area contributed by atoms with Crippen molar-refractivity contribution in [1.29, 1.82) is 0 Å². The number of halogens is 5. The molecule has 5 saturated heterocycles. The van der Waals surface area contributed by atoms with E-state index in [-0.39, 0.29) is 48.7 Å². The Bertz CT molecular complexity index is 3720. The molecule has 14 atom stereocenters. The summed E-state index contributed by atoms with van der Waals surface area (Å²) in [7, 11) is 9.36. The molecule has 13 N–H and O–H groups in total. The van der Waals surface area contributed by atoms with Gasteiger partial charge in [-0.05, 0) is 110 Å². The maximum absolute atomic E-state index is 11.2. The highest BCUT2D eigenvalue weighted by Crippen LogP contribution is 2.59. The minimum Gasteiger partial charge on any atom is -0.479 e. The van der Waals surface area contributed by atoms with Crippen LogP contribution in [0.3, 0.4) is 0 Å². The van der Waals surface area contributed by atoms with Crippen LogP contribution in [0.1, 0.15) is 123 Å². The van der Waals surface area contributed by atoms with Crippen molar-refractivity contribution in [3.05, 3.63) is 19.0 Å². The molecule has 49 heteroatoms. The van der Waals surface area contributed by atoms with Crippen LogP contribution in [0, 0.1) is 0 Å². The maximum Gasteiger partial charge on any atom is 0.332 e. The molecule has 0 bridgehead atoms. The van der Waals surface area contributed by atoms with Gasteiger partial charge in [0.05, 0.1) is 60.1 Å². The van der Waals surface area contributed by atoms with Crippen molar-refractivity contribution in [2.75, 3.05) is 93.9 Å². The topological polar surface area (TPSA) is 478 Å². The molecule has 0 amide bonds. The highest BCUT2D eigenvalue weighted by molar-refractivity contribution is 8.20. The molecule has 0 saturated carbocycles. The van der Waals surface area contributed by atoms with Gasteiger partial charge in [0.2, 0.25) is 42.3 Å². The van der Waals surface area contributed by atoms with E-state index in [4.69, 9.17) is 150 Å². The summed E-state index contributed by atoms with van der Waals surface area (Å²) >= 11 is 30.0. The molecule has 5 aliphatic heterocycles. The first-order valence-corrected chi connectivity index (χ1v) is 45.2.